The highest BCUT2D eigenvalue weighted by Gasteiger charge is 2.55. The van der Waals surface area contributed by atoms with E-state index in [1.807, 2.05) is 18.0 Å². The molecule has 2 atom stereocenters. The first-order valence-electron chi connectivity index (χ1n) is 10.7. The second-order valence-electron chi connectivity index (χ2n) is 8.94. The van der Waals surface area contributed by atoms with Crippen LogP contribution in [0.1, 0.15) is 29.8 Å². The Morgan fingerprint density at radius 3 is 2.90 bits per heavy atom. The summed E-state index contributed by atoms with van der Waals surface area (Å²) in [6.45, 7) is 4.39. The van der Waals surface area contributed by atoms with Crippen LogP contribution in [0.15, 0.2) is 28.9 Å². The summed E-state index contributed by atoms with van der Waals surface area (Å²) in [5.74, 6) is 0.744. The van der Waals surface area contributed by atoms with Gasteiger partial charge in [0.2, 0.25) is 0 Å². The summed E-state index contributed by atoms with van der Waals surface area (Å²) in [5, 5.41) is 3.90. The number of piperidine rings is 1. The molecule has 3 aliphatic rings. The Bertz CT molecular complexity index is 917. The molecule has 8 heteroatoms. The third-order valence-corrected chi connectivity index (χ3v) is 7.03. The number of nitrogens with zero attached hydrogens (tertiary/aromatic N) is 3. The lowest BCUT2D eigenvalue weighted by Gasteiger charge is -2.37. The van der Waals surface area contributed by atoms with Gasteiger partial charge in [0.1, 0.15) is 6.10 Å². The molecule has 160 valence electrons. The normalized spacial score (nSPS) is 26.1. The molecule has 0 radical (unpaired) electrons. The quantitative estimate of drug-likeness (QED) is 0.819. The van der Waals surface area contributed by atoms with Crippen LogP contribution in [0, 0.1) is 11.3 Å². The smallest absolute Gasteiger partial charge is 0.287 e. The fourth-order valence-corrected chi connectivity index (χ4v) is 4.94. The van der Waals surface area contributed by atoms with Gasteiger partial charge >= 0.3 is 0 Å². The number of nitrogens with one attached hydrogen (secondary N) is 1. The van der Waals surface area contributed by atoms with E-state index in [1.165, 1.54) is 0 Å². The molecular formula is C22H28N4O4. The minimum Gasteiger partial charge on any atom is -0.449 e. The number of pyridine rings is 1. The van der Waals surface area contributed by atoms with Crippen LogP contribution < -0.4 is 5.32 Å². The number of morpholine rings is 1. The molecule has 2 aromatic rings. The number of carbonyl (C=O) groups is 2. The molecule has 2 saturated heterocycles. The Kier molecular flexibility index (Phi) is 4.99. The number of fused-ring (bicyclic) bond motifs is 1. The fourth-order valence-electron chi connectivity index (χ4n) is 4.94. The molecule has 2 aliphatic heterocycles. The topological polar surface area (TPSA) is 87.9 Å². The van der Waals surface area contributed by atoms with Gasteiger partial charge in [0.05, 0.1) is 12.8 Å². The van der Waals surface area contributed by atoms with Crippen molar-refractivity contribution in [1.82, 2.24) is 20.1 Å². The van der Waals surface area contributed by atoms with Crippen molar-refractivity contribution in [3.8, 4) is 0 Å². The molecule has 1 saturated carbocycles. The summed E-state index contributed by atoms with van der Waals surface area (Å²) in [6.07, 6.45) is 6.08. The van der Waals surface area contributed by atoms with Gasteiger partial charge in [-0.3, -0.25) is 14.6 Å². The van der Waals surface area contributed by atoms with E-state index in [4.69, 9.17) is 9.15 Å². The molecule has 4 heterocycles. The SMILES string of the molecule is CN1CCOC(C(=O)N2CCC3(CC2)CC3CNC(=O)c2cc3ccncc3o2)C1. The zero-order valence-electron chi connectivity index (χ0n) is 17.3. The number of rotatable bonds is 4. The maximum absolute atomic E-state index is 12.8. The predicted octanol–water partition coefficient (Wildman–Crippen LogP) is 1.52. The third-order valence-electron chi connectivity index (χ3n) is 7.03. The molecular weight excluding hydrogens is 384 g/mol. The maximum atomic E-state index is 12.8. The number of hydrogen-bond donors (Lipinski definition) is 1. The van der Waals surface area contributed by atoms with Crippen molar-refractivity contribution in [3.05, 3.63) is 30.3 Å². The van der Waals surface area contributed by atoms with Crippen LogP contribution in [0.25, 0.3) is 11.0 Å². The van der Waals surface area contributed by atoms with E-state index in [1.54, 1.807) is 18.5 Å². The summed E-state index contributed by atoms with van der Waals surface area (Å²) in [5.41, 5.74) is 0.891. The monoisotopic (exact) mass is 412 g/mol. The molecule has 0 bridgehead atoms. The van der Waals surface area contributed by atoms with Crippen molar-refractivity contribution in [2.45, 2.75) is 25.4 Å². The predicted molar refractivity (Wildman–Crippen MR) is 110 cm³/mol. The van der Waals surface area contributed by atoms with E-state index >= 15 is 0 Å². The fraction of sp³-hybridized carbons (Fsp3) is 0.591. The van der Waals surface area contributed by atoms with Crippen LogP contribution in [0.4, 0.5) is 0 Å². The lowest BCUT2D eigenvalue weighted by molar-refractivity contribution is -0.150. The van der Waals surface area contributed by atoms with Gasteiger partial charge in [-0.25, -0.2) is 0 Å². The second-order valence-corrected chi connectivity index (χ2v) is 8.94. The van der Waals surface area contributed by atoms with E-state index in [2.05, 4.69) is 15.2 Å². The Morgan fingerprint density at radius 2 is 2.13 bits per heavy atom. The lowest BCUT2D eigenvalue weighted by Crippen LogP contribution is -2.52. The molecule has 8 nitrogen and oxygen atoms in total. The number of aromatic nitrogens is 1. The largest absolute Gasteiger partial charge is 0.449 e. The summed E-state index contributed by atoms with van der Waals surface area (Å²) in [7, 11) is 2.03. The molecule has 2 unspecified atom stereocenters. The van der Waals surface area contributed by atoms with Gasteiger partial charge in [-0.05, 0) is 49.8 Å². The molecule has 0 aromatic carbocycles. The van der Waals surface area contributed by atoms with E-state index in [0.717, 1.165) is 44.3 Å². The molecule has 3 fully saturated rings. The molecule has 2 aromatic heterocycles. The van der Waals surface area contributed by atoms with E-state index in [9.17, 15) is 9.59 Å². The van der Waals surface area contributed by atoms with Crippen molar-refractivity contribution < 1.29 is 18.7 Å². The number of likely N-dealkylation sites (N-methyl/N-ethyl adjacent to an activating group) is 1. The lowest BCUT2D eigenvalue weighted by atomic mass is 9.90. The zero-order valence-corrected chi connectivity index (χ0v) is 17.3. The van der Waals surface area contributed by atoms with Gasteiger partial charge in [-0.1, -0.05) is 0 Å². The van der Waals surface area contributed by atoms with Crippen LogP contribution in [-0.2, 0) is 9.53 Å². The molecule has 5 rings (SSSR count). The molecule has 1 spiro atoms. The number of ether oxygens (including phenoxy) is 1. The van der Waals surface area contributed by atoms with Gasteiger partial charge in [-0.15, -0.1) is 0 Å². The van der Waals surface area contributed by atoms with Crippen LogP contribution >= 0.6 is 0 Å². The van der Waals surface area contributed by atoms with Gasteiger partial charge < -0.3 is 24.3 Å². The second kappa shape index (κ2) is 7.67. The van der Waals surface area contributed by atoms with E-state index in [-0.39, 0.29) is 23.3 Å². The van der Waals surface area contributed by atoms with Crippen LogP contribution in [0.5, 0.6) is 0 Å². The zero-order chi connectivity index (χ0) is 20.7. The third kappa shape index (κ3) is 3.70. The first-order chi connectivity index (χ1) is 14.5. The Hall–Kier alpha value is -2.45. The Morgan fingerprint density at radius 1 is 1.30 bits per heavy atom. The molecule has 30 heavy (non-hydrogen) atoms. The molecule has 1 aliphatic carbocycles. The Balaban J connectivity index is 1.10. The van der Waals surface area contributed by atoms with Gasteiger partial charge in [-0.2, -0.15) is 0 Å². The maximum Gasteiger partial charge on any atom is 0.287 e. The highest BCUT2D eigenvalue weighted by Crippen LogP contribution is 2.59. The number of amides is 2. The van der Waals surface area contributed by atoms with Crippen molar-refractivity contribution >= 4 is 22.8 Å². The number of hydrogen-bond acceptors (Lipinski definition) is 6. The van der Waals surface area contributed by atoms with Crippen molar-refractivity contribution in [2.24, 2.45) is 11.3 Å². The van der Waals surface area contributed by atoms with Crippen LogP contribution in [-0.4, -0.2) is 79.1 Å². The summed E-state index contributed by atoms with van der Waals surface area (Å²) >= 11 is 0. The average molecular weight is 412 g/mol. The van der Waals surface area contributed by atoms with Crippen LogP contribution in [0.3, 0.4) is 0 Å². The molecule has 1 N–H and O–H groups in total. The van der Waals surface area contributed by atoms with Crippen LogP contribution in [0.2, 0.25) is 0 Å². The highest BCUT2D eigenvalue weighted by atomic mass is 16.5. The first kappa shape index (κ1) is 19.5. The van der Waals surface area contributed by atoms with Crippen molar-refractivity contribution in [3.63, 3.8) is 0 Å². The first-order valence-corrected chi connectivity index (χ1v) is 10.7. The summed E-state index contributed by atoms with van der Waals surface area (Å²) in [4.78, 5) is 33.4. The number of likely N-dealkylation sites (tertiary alicyclic amines) is 1. The van der Waals surface area contributed by atoms with Gasteiger partial charge in [0.15, 0.2) is 11.3 Å². The Labute approximate surface area is 175 Å². The van der Waals surface area contributed by atoms with Crippen molar-refractivity contribution in [1.29, 1.82) is 0 Å². The van der Waals surface area contributed by atoms with E-state index < -0.39 is 0 Å². The van der Waals surface area contributed by atoms with E-state index in [0.29, 0.717) is 37.0 Å². The van der Waals surface area contributed by atoms with Gasteiger partial charge in [0, 0.05) is 44.3 Å². The van der Waals surface area contributed by atoms with Crippen molar-refractivity contribution in [2.75, 3.05) is 46.4 Å². The minimum atomic E-state index is -0.328. The summed E-state index contributed by atoms with van der Waals surface area (Å²) in [6, 6.07) is 3.58. The van der Waals surface area contributed by atoms with Gasteiger partial charge in [0.25, 0.3) is 11.8 Å². The highest BCUT2D eigenvalue weighted by molar-refractivity contribution is 5.95. The standard InChI is InChI=1S/C22H28N4O4/c1-25-8-9-29-19(14-25)21(28)26-6-3-22(4-7-26)11-16(22)12-24-20(27)17-10-15-2-5-23-13-18(15)30-17/h2,5,10,13,16,19H,3-4,6-9,11-12,14H2,1H3,(H,24,27). The minimum absolute atomic E-state index is 0.126. The number of carbonyl (C=O) groups excluding carboxylic acids is 2. The average Bonchev–Trinajstić information content (AvgIpc) is 3.24. The summed E-state index contributed by atoms with van der Waals surface area (Å²) < 4.78 is 11.3. The molecule has 2 amide bonds. The number of furan rings is 1.